The number of carbonyl (C=O) groups excluding carboxylic acids is 2. The zero-order valence-corrected chi connectivity index (χ0v) is 20.1. The van der Waals surface area contributed by atoms with E-state index in [2.05, 4.69) is 33.5 Å². The Bertz CT molecular complexity index is 1450. The molecule has 168 valence electrons. The maximum absolute atomic E-state index is 13.0. The zero-order valence-electron chi connectivity index (χ0n) is 17.8. The van der Waals surface area contributed by atoms with Crippen molar-refractivity contribution in [2.75, 3.05) is 5.01 Å². The number of hydrogen-bond donors (Lipinski definition) is 1. The van der Waals surface area contributed by atoms with Gasteiger partial charge in [0.1, 0.15) is 17.9 Å². The average molecular weight is 534 g/mol. The van der Waals surface area contributed by atoms with E-state index in [1.54, 1.807) is 36.4 Å². The molecule has 0 radical (unpaired) electrons. The van der Waals surface area contributed by atoms with E-state index in [0.29, 0.717) is 33.1 Å². The SMILES string of the molecule is O=C1NN(c2ccccc2)C(=O)/C1=C\c1cc(Cl)cc(Br)c1OCc1cccc2ccccc12. The van der Waals surface area contributed by atoms with E-state index in [0.717, 1.165) is 16.3 Å². The lowest BCUT2D eigenvalue weighted by atomic mass is 10.1. The lowest BCUT2D eigenvalue weighted by molar-refractivity contribution is -0.117. The summed E-state index contributed by atoms with van der Waals surface area (Å²) in [6, 6.07) is 26.4. The molecule has 0 atom stereocenters. The highest BCUT2D eigenvalue weighted by atomic mass is 79.9. The second-order valence-electron chi connectivity index (χ2n) is 7.71. The zero-order chi connectivity index (χ0) is 23.7. The van der Waals surface area contributed by atoms with Gasteiger partial charge in [-0.2, -0.15) is 0 Å². The molecule has 0 saturated carbocycles. The van der Waals surface area contributed by atoms with Crippen LogP contribution in [0.4, 0.5) is 5.69 Å². The van der Waals surface area contributed by atoms with Crippen molar-refractivity contribution in [3.8, 4) is 5.75 Å². The van der Waals surface area contributed by atoms with Gasteiger partial charge in [-0.05, 0) is 62.6 Å². The molecule has 1 aliphatic heterocycles. The molecule has 5 rings (SSSR count). The number of rotatable bonds is 5. The van der Waals surface area contributed by atoms with Crippen LogP contribution < -0.4 is 15.2 Å². The lowest BCUT2D eigenvalue weighted by Crippen LogP contribution is -2.35. The van der Waals surface area contributed by atoms with Crippen LogP contribution in [0.25, 0.3) is 16.8 Å². The van der Waals surface area contributed by atoms with Gasteiger partial charge in [0.2, 0.25) is 0 Å². The third-order valence-corrected chi connectivity index (χ3v) is 6.30. The molecule has 0 unspecified atom stereocenters. The van der Waals surface area contributed by atoms with Crippen molar-refractivity contribution in [2.45, 2.75) is 6.61 Å². The highest BCUT2D eigenvalue weighted by Gasteiger charge is 2.34. The molecule has 7 heteroatoms. The molecule has 4 aromatic carbocycles. The number of para-hydroxylation sites is 1. The summed E-state index contributed by atoms with van der Waals surface area (Å²) in [5.41, 5.74) is 4.71. The fourth-order valence-corrected chi connectivity index (χ4v) is 4.83. The minimum absolute atomic E-state index is 0.00645. The average Bonchev–Trinajstić information content (AvgIpc) is 3.12. The molecule has 1 aliphatic rings. The van der Waals surface area contributed by atoms with E-state index in [1.165, 1.54) is 11.1 Å². The van der Waals surface area contributed by atoms with E-state index in [9.17, 15) is 9.59 Å². The Balaban J connectivity index is 1.49. The van der Waals surface area contributed by atoms with Gasteiger partial charge in [0.25, 0.3) is 11.8 Å². The molecular formula is C27H18BrClN2O3. The first-order valence-corrected chi connectivity index (χ1v) is 11.7. The Morgan fingerprint density at radius 3 is 2.50 bits per heavy atom. The van der Waals surface area contributed by atoms with Crippen LogP contribution in [0.5, 0.6) is 5.75 Å². The van der Waals surface area contributed by atoms with Gasteiger partial charge in [-0.15, -0.1) is 0 Å². The fourth-order valence-electron chi connectivity index (χ4n) is 3.88. The predicted octanol–water partition coefficient (Wildman–Crippen LogP) is 6.30. The van der Waals surface area contributed by atoms with Crippen molar-refractivity contribution in [1.29, 1.82) is 0 Å². The third kappa shape index (κ3) is 4.30. The van der Waals surface area contributed by atoms with Gasteiger partial charge >= 0.3 is 0 Å². The van der Waals surface area contributed by atoms with Crippen LogP contribution in [0, 0.1) is 0 Å². The molecule has 0 bridgehead atoms. The number of hydrazine groups is 1. The summed E-state index contributed by atoms with van der Waals surface area (Å²) >= 11 is 9.80. The highest BCUT2D eigenvalue weighted by molar-refractivity contribution is 9.10. The molecule has 4 aromatic rings. The van der Waals surface area contributed by atoms with Crippen LogP contribution in [-0.2, 0) is 16.2 Å². The van der Waals surface area contributed by atoms with Crippen LogP contribution in [-0.4, -0.2) is 11.8 Å². The molecule has 5 nitrogen and oxygen atoms in total. The van der Waals surface area contributed by atoms with Crippen LogP contribution in [0.2, 0.25) is 5.02 Å². The van der Waals surface area contributed by atoms with Crippen molar-refractivity contribution in [2.24, 2.45) is 0 Å². The maximum atomic E-state index is 13.0. The van der Waals surface area contributed by atoms with E-state index in [4.69, 9.17) is 16.3 Å². The normalized spacial score (nSPS) is 14.6. The van der Waals surface area contributed by atoms with Crippen LogP contribution in [0.15, 0.2) is 95.0 Å². The fraction of sp³-hybridized carbons (Fsp3) is 0.0370. The van der Waals surface area contributed by atoms with Gasteiger partial charge in [0.05, 0.1) is 10.2 Å². The number of anilines is 1. The van der Waals surface area contributed by atoms with Gasteiger partial charge < -0.3 is 4.74 Å². The Morgan fingerprint density at radius 1 is 0.941 bits per heavy atom. The van der Waals surface area contributed by atoms with E-state index in [-0.39, 0.29) is 5.57 Å². The number of hydrogen-bond acceptors (Lipinski definition) is 3. The van der Waals surface area contributed by atoms with Crippen molar-refractivity contribution in [1.82, 2.24) is 5.43 Å². The summed E-state index contributed by atoms with van der Waals surface area (Å²) in [6.07, 6.45) is 1.51. The largest absolute Gasteiger partial charge is 0.487 e. The smallest absolute Gasteiger partial charge is 0.282 e. The molecule has 34 heavy (non-hydrogen) atoms. The number of halogens is 2. The van der Waals surface area contributed by atoms with Crippen molar-refractivity contribution in [3.05, 3.63) is 111 Å². The third-order valence-electron chi connectivity index (χ3n) is 5.49. The Labute approximate surface area is 209 Å². The molecule has 0 spiro atoms. The Morgan fingerprint density at radius 2 is 1.68 bits per heavy atom. The molecule has 0 aromatic heterocycles. The number of amides is 2. The van der Waals surface area contributed by atoms with Gasteiger partial charge in [-0.25, -0.2) is 5.01 Å². The van der Waals surface area contributed by atoms with Crippen LogP contribution >= 0.6 is 27.5 Å². The van der Waals surface area contributed by atoms with Crippen LogP contribution in [0.3, 0.4) is 0 Å². The number of nitrogens with zero attached hydrogens (tertiary/aromatic N) is 1. The first kappa shape index (κ1) is 22.2. The van der Waals surface area contributed by atoms with Crippen molar-refractivity contribution < 1.29 is 14.3 Å². The number of benzene rings is 4. The van der Waals surface area contributed by atoms with Crippen LogP contribution in [0.1, 0.15) is 11.1 Å². The highest BCUT2D eigenvalue weighted by Crippen LogP contribution is 2.36. The van der Waals surface area contributed by atoms with E-state index >= 15 is 0 Å². The topological polar surface area (TPSA) is 58.6 Å². The number of carbonyl (C=O) groups is 2. The van der Waals surface area contributed by atoms with Gasteiger partial charge in [0, 0.05) is 10.6 Å². The summed E-state index contributed by atoms with van der Waals surface area (Å²) in [4.78, 5) is 25.7. The first-order valence-electron chi connectivity index (χ1n) is 10.5. The van der Waals surface area contributed by atoms with Crippen molar-refractivity contribution in [3.63, 3.8) is 0 Å². The van der Waals surface area contributed by atoms with E-state index < -0.39 is 11.8 Å². The number of fused-ring (bicyclic) bond motifs is 1. The van der Waals surface area contributed by atoms with E-state index in [1.807, 2.05) is 36.4 Å². The maximum Gasteiger partial charge on any atom is 0.282 e. The second-order valence-corrected chi connectivity index (χ2v) is 9.00. The molecule has 1 heterocycles. The standard InChI is InChI=1S/C27H18BrClN2O3/c28-24-15-20(29)13-19(14-23-26(32)30-31(27(23)33)21-10-2-1-3-11-21)25(24)34-16-18-9-6-8-17-7-4-5-12-22(17)18/h1-15H,16H2,(H,30,32)/b23-14-. The monoisotopic (exact) mass is 532 g/mol. The second kappa shape index (κ2) is 9.33. The van der Waals surface area contributed by atoms with Crippen molar-refractivity contribution >= 4 is 61.9 Å². The summed E-state index contributed by atoms with van der Waals surface area (Å²) in [5, 5.41) is 3.89. The summed E-state index contributed by atoms with van der Waals surface area (Å²) < 4.78 is 6.83. The van der Waals surface area contributed by atoms with Gasteiger partial charge in [-0.3, -0.25) is 15.0 Å². The molecule has 0 aliphatic carbocycles. The molecule has 2 amide bonds. The van der Waals surface area contributed by atoms with Gasteiger partial charge in [-0.1, -0.05) is 72.3 Å². The molecule has 1 saturated heterocycles. The Hall–Kier alpha value is -3.61. The summed E-state index contributed by atoms with van der Waals surface area (Å²) in [6.45, 7) is 0.300. The molecule has 1 N–H and O–H groups in total. The lowest BCUT2D eigenvalue weighted by Gasteiger charge is -2.14. The molecular weight excluding hydrogens is 516 g/mol. The number of ether oxygens (including phenoxy) is 1. The summed E-state index contributed by atoms with van der Waals surface area (Å²) in [7, 11) is 0. The predicted molar refractivity (Wildman–Crippen MR) is 137 cm³/mol. The minimum atomic E-state index is -0.495. The quantitative estimate of drug-likeness (QED) is 0.242. The van der Waals surface area contributed by atoms with Gasteiger partial charge in [0.15, 0.2) is 0 Å². The number of nitrogens with one attached hydrogen (secondary N) is 1. The Kier molecular flexibility index (Phi) is 6.09. The first-order chi connectivity index (χ1) is 16.5. The molecule has 1 fully saturated rings. The minimum Gasteiger partial charge on any atom is -0.487 e. The summed E-state index contributed by atoms with van der Waals surface area (Å²) in [5.74, 6) is -0.458.